The van der Waals surface area contributed by atoms with Gasteiger partial charge >= 0.3 is 5.97 Å². The molecular weight excluding hydrogens is 368 g/mol. The molecule has 27 heavy (non-hydrogen) atoms. The molecule has 144 valence electrons. The number of aryl methyl sites for hydroxylation is 1. The maximum absolute atomic E-state index is 12.7. The molecule has 0 aliphatic heterocycles. The Bertz CT molecular complexity index is 949. The van der Waals surface area contributed by atoms with E-state index >= 15 is 0 Å². The number of rotatable bonds is 7. The average molecular weight is 390 g/mol. The number of carboxylic acids is 1. The van der Waals surface area contributed by atoms with Crippen LogP contribution in [0.1, 0.15) is 40.1 Å². The van der Waals surface area contributed by atoms with E-state index in [2.05, 4.69) is 5.32 Å². The lowest BCUT2D eigenvalue weighted by Gasteiger charge is -2.19. The van der Waals surface area contributed by atoms with Gasteiger partial charge in [-0.05, 0) is 48.9 Å². The Kier molecular flexibility index (Phi) is 6.35. The van der Waals surface area contributed by atoms with Crippen LogP contribution in [-0.4, -0.2) is 42.8 Å². The van der Waals surface area contributed by atoms with Crippen LogP contribution in [0.3, 0.4) is 0 Å². The van der Waals surface area contributed by atoms with Gasteiger partial charge in [-0.15, -0.1) is 0 Å². The Hall–Kier alpha value is -2.71. The summed E-state index contributed by atoms with van der Waals surface area (Å²) in [5.74, 6) is -1.52. The topological polar surface area (TPSA) is 104 Å². The van der Waals surface area contributed by atoms with Crippen LogP contribution >= 0.6 is 0 Å². The highest BCUT2D eigenvalue weighted by Gasteiger charge is 2.23. The smallest absolute Gasteiger partial charge is 0.335 e. The van der Waals surface area contributed by atoms with Gasteiger partial charge in [0.05, 0.1) is 10.5 Å². The number of nitrogens with zero attached hydrogens (tertiary/aromatic N) is 1. The molecule has 0 spiro atoms. The summed E-state index contributed by atoms with van der Waals surface area (Å²) in [4.78, 5) is 23.6. The molecule has 0 saturated carbocycles. The molecule has 2 N–H and O–H groups in total. The number of anilines is 1. The number of hydrogen-bond donors (Lipinski definition) is 2. The fourth-order valence-corrected chi connectivity index (χ4v) is 4.10. The van der Waals surface area contributed by atoms with Gasteiger partial charge in [-0.3, -0.25) is 4.79 Å². The second kappa shape index (κ2) is 8.32. The van der Waals surface area contributed by atoms with Crippen molar-refractivity contribution >= 4 is 27.6 Å². The molecule has 0 aromatic heterocycles. The van der Waals surface area contributed by atoms with Crippen LogP contribution in [0.5, 0.6) is 0 Å². The summed E-state index contributed by atoms with van der Waals surface area (Å²) in [5.41, 5.74) is 1.40. The van der Waals surface area contributed by atoms with Crippen LogP contribution in [-0.2, 0) is 10.0 Å². The SMILES string of the molecule is CCN(CC)S(=O)(=O)c1ccc(C)c(C(=O)Nc2ccc(C(=O)O)cc2)c1. The van der Waals surface area contributed by atoms with Gasteiger partial charge in [0, 0.05) is 24.3 Å². The summed E-state index contributed by atoms with van der Waals surface area (Å²) in [6.45, 7) is 5.90. The second-order valence-corrected chi connectivity index (χ2v) is 7.84. The number of hydrogen-bond acceptors (Lipinski definition) is 4. The fraction of sp³-hybridized carbons (Fsp3) is 0.263. The lowest BCUT2D eigenvalue weighted by atomic mass is 10.1. The minimum atomic E-state index is -3.67. The van der Waals surface area contributed by atoms with E-state index in [1.165, 1.54) is 40.7 Å². The summed E-state index contributed by atoms with van der Waals surface area (Å²) in [5, 5.41) is 11.6. The molecular formula is C19H22N2O5S. The van der Waals surface area contributed by atoms with Gasteiger partial charge in [0.1, 0.15) is 0 Å². The number of sulfonamides is 1. The molecule has 0 radical (unpaired) electrons. The number of benzene rings is 2. The van der Waals surface area contributed by atoms with Gasteiger partial charge in [0.15, 0.2) is 0 Å². The van der Waals surface area contributed by atoms with Crippen molar-refractivity contribution in [1.29, 1.82) is 0 Å². The molecule has 1 amide bonds. The normalized spacial score (nSPS) is 11.4. The van der Waals surface area contributed by atoms with Gasteiger partial charge in [0.25, 0.3) is 5.91 Å². The van der Waals surface area contributed by atoms with E-state index in [4.69, 9.17) is 5.11 Å². The Labute approximate surface area is 158 Å². The van der Waals surface area contributed by atoms with Crippen LogP contribution in [0, 0.1) is 6.92 Å². The first-order valence-corrected chi connectivity index (χ1v) is 9.90. The van der Waals surface area contributed by atoms with Crippen molar-refractivity contribution in [2.24, 2.45) is 0 Å². The third-order valence-corrected chi connectivity index (χ3v) is 6.23. The molecule has 8 heteroatoms. The molecule has 7 nitrogen and oxygen atoms in total. The van der Waals surface area contributed by atoms with Crippen molar-refractivity contribution in [2.45, 2.75) is 25.7 Å². The molecule has 2 aromatic rings. The quantitative estimate of drug-likeness (QED) is 0.756. The van der Waals surface area contributed by atoms with Crippen molar-refractivity contribution in [3.8, 4) is 0 Å². The van der Waals surface area contributed by atoms with E-state index in [0.717, 1.165) is 0 Å². The zero-order valence-electron chi connectivity index (χ0n) is 15.4. The van der Waals surface area contributed by atoms with Crippen molar-refractivity contribution in [1.82, 2.24) is 4.31 Å². The van der Waals surface area contributed by atoms with Gasteiger partial charge in [-0.1, -0.05) is 19.9 Å². The maximum atomic E-state index is 12.7. The molecule has 0 bridgehead atoms. The standard InChI is InChI=1S/C19H22N2O5S/c1-4-21(5-2)27(25,26)16-11-6-13(3)17(12-16)18(22)20-15-9-7-14(8-10-15)19(23)24/h6-12H,4-5H2,1-3H3,(H,20,22)(H,23,24). The molecule has 0 fully saturated rings. The Morgan fingerprint density at radius 2 is 1.63 bits per heavy atom. The summed E-state index contributed by atoms with van der Waals surface area (Å²) >= 11 is 0. The number of amides is 1. The number of aromatic carboxylic acids is 1. The largest absolute Gasteiger partial charge is 0.478 e. The van der Waals surface area contributed by atoms with Crippen molar-refractivity contribution in [3.63, 3.8) is 0 Å². The third kappa shape index (κ3) is 4.53. The predicted molar refractivity (Wildman–Crippen MR) is 103 cm³/mol. The second-order valence-electron chi connectivity index (χ2n) is 5.90. The molecule has 2 aromatic carbocycles. The van der Waals surface area contributed by atoms with E-state index in [0.29, 0.717) is 24.3 Å². The highest BCUT2D eigenvalue weighted by atomic mass is 32.2. The van der Waals surface area contributed by atoms with E-state index in [-0.39, 0.29) is 16.0 Å². The van der Waals surface area contributed by atoms with Crippen LogP contribution in [0.4, 0.5) is 5.69 Å². The average Bonchev–Trinajstić information content (AvgIpc) is 2.63. The van der Waals surface area contributed by atoms with Crippen LogP contribution in [0.25, 0.3) is 0 Å². The van der Waals surface area contributed by atoms with Crippen LogP contribution in [0.2, 0.25) is 0 Å². The lowest BCUT2D eigenvalue weighted by molar-refractivity contribution is 0.0696. The van der Waals surface area contributed by atoms with Gasteiger partial charge in [-0.25, -0.2) is 13.2 Å². The zero-order chi connectivity index (χ0) is 20.2. The van der Waals surface area contributed by atoms with Crippen LogP contribution in [0.15, 0.2) is 47.4 Å². The molecule has 0 atom stereocenters. The minimum absolute atomic E-state index is 0.0585. The highest BCUT2D eigenvalue weighted by Crippen LogP contribution is 2.21. The molecule has 0 unspecified atom stereocenters. The number of nitrogens with one attached hydrogen (secondary N) is 1. The molecule has 0 saturated heterocycles. The van der Waals surface area contributed by atoms with E-state index in [9.17, 15) is 18.0 Å². The Balaban J connectivity index is 2.32. The zero-order valence-corrected chi connectivity index (χ0v) is 16.2. The summed E-state index contributed by atoms with van der Waals surface area (Å²) in [6, 6.07) is 10.2. The first-order chi connectivity index (χ1) is 12.7. The van der Waals surface area contributed by atoms with Gasteiger partial charge < -0.3 is 10.4 Å². The Morgan fingerprint density at radius 3 is 2.15 bits per heavy atom. The van der Waals surface area contributed by atoms with Gasteiger partial charge in [0.2, 0.25) is 10.0 Å². The molecule has 0 aliphatic rings. The molecule has 0 aliphatic carbocycles. The van der Waals surface area contributed by atoms with Crippen LogP contribution < -0.4 is 5.32 Å². The minimum Gasteiger partial charge on any atom is -0.478 e. The number of carbonyl (C=O) groups excluding carboxylic acids is 1. The highest BCUT2D eigenvalue weighted by molar-refractivity contribution is 7.89. The molecule has 0 heterocycles. The third-order valence-electron chi connectivity index (χ3n) is 4.19. The summed E-state index contributed by atoms with van der Waals surface area (Å²) in [7, 11) is -3.67. The fourth-order valence-electron chi connectivity index (χ4n) is 2.61. The number of carbonyl (C=O) groups is 2. The maximum Gasteiger partial charge on any atom is 0.335 e. The Morgan fingerprint density at radius 1 is 1.04 bits per heavy atom. The molecule has 2 rings (SSSR count). The predicted octanol–water partition coefficient (Wildman–Crippen LogP) is 2.98. The summed E-state index contributed by atoms with van der Waals surface area (Å²) in [6.07, 6.45) is 0. The first kappa shape index (κ1) is 20.6. The number of carboxylic acid groups (broad SMARTS) is 1. The van der Waals surface area contributed by atoms with Crippen molar-refractivity contribution < 1.29 is 23.1 Å². The van der Waals surface area contributed by atoms with E-state index in [1.54, 1.807) is 26.8 Å². The summed E-state index contributed by atoms with van der Waals surface area (Å²) < 4.78 is 26.7. The van der Waals surface area contributed by atoms with E-state index in [1.807, 2.05) is 0 Å². The van der Waals surface area contributed by atoms with Crippen molar-refractivity contribution in [3.05, 3.63) is 59.2 Å². The monoisotopic (exact) mass is 390 g/mol. The lowest BCUT2D eigenvalue weighted by Crippen LogP contribution is -2.30. The van der Waals surface area contributed by atoms with E-state index < -0.39 is 21.9 Å². The first-order valence-electron chi connectivity index (χ1n) is 8.46. The van der Waals surface area contributed by atoms with Crippen molar-refractivity contribution in [2.75, 3.05) is 18.4 Å². The van der Waals surface area contributed by atoms with Gasteiger partial charge in [-0.2, -0.15) is 4.31 Å².